The van der Waals surface area contributed by atoms with Crippen LogP contribution in [-0.2, 0) is 11.2 Å². The van der Waals surface area contributed by atoms with Crippen LogP contribution in [0.2, 0.25) is 0 Å². The van der Waals surface area contributed by atoms with Gasteiger partial charge in [-0.1, -0.05) is 75.6 Å². The summed E-state index contributed by atoms with van der Waals surface area (Å²) in [6.45, 7) is 8.53. The smallest absolute Gasteiger partial charge is 0.248 e. The van der Waals surface area contributed by atoms with Crippen molar-refractivity contribution in [2.45, 2.75) is 77.6 Å². The highest BCUT2D eigenvalue weighted by Crippen LogP contribution is 2.38. The van der Waals surface area contributed by atoms with E-state index in [9.17, 15) is 4.79 Å². The van der Waals surface area contributed by atoms with Crippen molar-refractivity contribution in [1.82, 2.24) is 4.90 Å². The summed E-state index contributed by atoms with van der Waals surface area (Å²) in [5.41, 5.74) is 3.40. The van der Waals surface area contributed by atoms with Gasteiger partial charge in [0, 0.05) is 19.2 Å². The lowest BCUT2D eigenvalue weighted by molar-refractivity contribution is -0.125. The number of fused-ring (bicyclic) bond motifs is 1. The predicted molar refractivity (Wildman–Crippen MR) is 129 cm³/mol. The number of likely N-dealkylation sites (N-methyl/N-ethyl adjacent to an activating group) is 1. The Kier molecular flexibility index (Phi) is 8.13. The molecule has 0 aromatic heterocycles. The lowest BCUT2D eigenvalue weighted by Crippen LogP contribution is -2.29. The Hall–Kier alpha value is -2.09. The first kappa shape index (κ1) is 22.6. The predicted octanol–water partition coefficient (Wildman–Crippen LogP) is 7.27. The molecular formula is C28H39NO. The Morgan fingerprint density at radius 2 is 1.73 bits per heavy atom. The van der Waals surface area contributed by atoms with Crippen molar-refractivity contribution < 1.29 is 4.79 Å². The van der Waals surface area contributed by atoms with Gasteiger partial charge in [0.25, 0.3) is 0 Å². The molecule has 1 saturated carbocycles. The van der Waals surface area contributed by atoms with Crippen molar-refractivity contribution in [2.75, 3.05) is 13.6 Å². The zero-order valence-electron chi connectivity index (χ0n) is 19.3. The number of benzene rings is 2. The highest BCUT2D eigenvalue weighted by molar-refractivity contribution is 5.92. The third kappa shape index (κ3) is 5.97. The average Bonchev–Trinajstić information content (AvgIpc) is 2.77. The van der Waals surface area contributed by atoms with Crippen LogP contribution < -0.4 is 0 Å². The summed E-state index contributed by atoms with van der Waals surface area (Å²) < 4.78 is 0. The van der Waals surface area contributed by atoms with Crippen LogP contribution in [0.4, 0.5) is 0 Å². The summed E-state index contributed by atoms with van der Waals surface area (Å²) >= 11 is 0. The van der Waals surface area contributed by atoms with Crippen molar-refractivity contribution in [3.63, 3.8) is 0 Å². The summed E-state index contributed by atoms with van der Waals surface area (Å²) in [6.07, 6.45) is 12.0. The Labute approximate surface area is 183 Å². The second-order valence-electron chi connectivity index (χ2n) is 9.41. The molecule has 2 aromatic rings. The van der Waals surface area contributed by atoms with Gasteiger partial charge in [-0.15, -0.1) is 0 Å². The fourth-order valence-electron chi connectivity index (χ4n) is 4.91. The molecule has 1 amide bonds. The highest BCUT2D eigenvalue weighted by atomic mass is 16.2. The maximum absolute atomic E-state index is 12.0. The van der Waals surface area contributed by atoms with E-state index >= 15 is 0 Å². The molecule has 1 aliphatic carbocycles. The molecule has 0 spiro atoms. The molecule has 0 radical (unpaired) electrons. The van der Waals surface area contributed by atoms with E-state index in [1.165, 1.54) is 73.3 Å². The van der Waals surface area contributed by atoms with E-state index in [4.69, 9.17) is 0 Å². The molecular weight excluding hydrogens is 366 g/mol. The van der Waals surface area contributed by atoms with Gasteiger partial charge in [0.2, 0.25) is 5.91 Å². The van der Waals surface area contributed by atoms with E-state index in [0.717, 1.165) is 24.8 Å². The average molecular weight is 406 g/mol. The lowest BCUT2D eigenvalue weighted by Gasteiger charge is -2.29. The summed E-state index contributed by atoms with van der Waals surface area (Å²) in [5, 5.41) is 2.64. The van der Waals surface area contributed by atoms with Crippen LogP contribution in [0, 0.1) is 5.92 Å². The van der Waals surface area contributed by atoms with E-state index in [2.05, 4.69) is 49.9 Å². The fraction of sp³-hybridized carbons (Fsp3) is 0.536. The first-order valence-corrected chi connectivity index (χ1v) is 11.9. The van der Waals surface area contributed by atoms with Crippen molar-refractivity contribution >= 4 is 16.7 Å². The third-order valence-electron chi connectivity index (χ3n) is 6.91. The molecule has 30 heavy (non-hydrogen) atoms. The molecule has 1 fully saturated rings. The Bertz CT molecular complexity index is 860. The van der Waals surface area contributed by atoms with Gasteiger partial charge in [-0.2, -0.15) is 0 Å². The van der Waals surface area contributed by atoms with Gasteiger partial charge in [-0.3, -0.25) is 4.79 Å². The Morgan fingerprint density at radius 1 is 1.03 bits per heavy atom. The van der Waals surface area contributed by atoms with Gasteiger partial charge in [0.15, 0.2) is 0 Å². The second kappa shape index (κ2) is 10.8. The zero-order valence-corrected chi connectivity index (χ0v) is 19.3. The van der Waals surface area contributed by atoms with Crippen molar-refractivity contribution in [3.05, 3.63) is 59.7 Å². The molecule has 0 atom stereocenters. The molecule has 0 bridgehead atoms. The van der Waals surface area contributed by atoms with Crippen molar-refractivity contribution in [3.8, 4) is 0 Å². The summed E-state index contributed by atoms with van der Waals surface area (Å²) in [5.74, 6) is 1.73. The molecule has 0 saturated heterocycles. The number of amides is 1. The van der Waals surface area contributed by atoms with Crippen LogP contribution in [-0.4, -0.2) is 24.4 Å². The van der Waals surface area contributed by atoms with Gasteiger partial charge in [-0.25, -0.2) is 0 Å². The minimum absolute atomic E-state index is 0.0283. The maximum Gasteiger partial charge on any atom is 0.248 e. The second-order valence-corrected chi connectivity index (χ2v) is 9.41. The molecule has 0 aliphatic heterocycles. The molecule has 162 valence electrons. The molecule has 2 aromatic carbocycles. The number of unbranched alkanes of at least 4 members (excludes halogenated alkanes) is 2. The minimum atomic E-state index is 0.0283. The largest absolute Gasteiger partial charge is 0.342 e. The number of hydrogen-bond acceptors (Lipinski definition) is 1. The molecule has 2 nitrogen and oxygen atoms in total. The van der Waals surface area contributed by atoms with Crippen LogP contribution in [0.15, 0.2) is 48.6 Å². The van der Waals surface area contributed by atoms with Gasteiger partial charge in [0.1, 0.15) is 0 Å². The number of carbonyl (C=O) groups is 1. The van der Waals surface area contributed by atoms with E-state index in [-0.39, 0.29) is 5.91 Å². The van der Waals surface area contributed by atoms with Crippen LogP contribution >= 0.6 is 0 Å². The summed E-state index contributed by atoms with van der Waals surface area (Å²) in [7, 11) is 1.85. The number of carbonyl (C=O) groups excluding carboxylic acids is 1. The minimum Gasteiger partial charge on any atom is -0.342 e. The van der Waals surface area contributed by atoms with Gasteiger partial charge in [0.05, 0.1) is 0 Å². The van der Waals surface area contributed by atoms with E-state index < -0.39 is 0 Å². The molecule has 1 aliphatic rings. The number of hydrogen-bond donors (Lipinski definition) is 0. The van der Waals surface area contributed by atoms with Crippen LogP contribution in [0.3, 0.4) is 0 Å². The Morgan fingerprint density at radius 3 is 2.43 bits per heavy atom. The normalized spacial score (nSPS) is 19.0. The van der Waals surface area contributed by atoms with Crippen LogP contribution in [0.1, 0.15) is 82.3 Å². The zero-order chi connectivity index (χ0) is 21.5. The maximum atomic E-state index is 12.0. The molecule has 2 heteroatoms. The van der Waals surface area contributed by atoms with E-state index in [1.807, 2.05) is 7.05 Å². The molecule has 3 rings (SSSR count). The van der Waals surface area contributed by atoms with E-state index in [0.29, 0.717) is 5.57 Å². The van der Waals surface area contributed by atoms with Crippen LogP contribution in [0.25, 0.3) is 10.8 Å². The standard InChI is InChI=1S/C28H39NO/c1-5-6-7-8-22-9-12-24(13-10-22)26-16-15-25-19-23(11-14-27(25)20-26)17-18-29(4)28(30)21(2)3/h11,14-16,19-20,22,24H,2,5-10,12-13,17-18H2,1,3-4H3. The van der Waals surface area contributed by atoms with Gasteiger partial charge >= 0.3 is 0 Å². The third-order valence-corrected chi connectivity index (χ3v) is 6.91. The SMILES string of the molecule is C=C(C)C(=O)N(C)CCc1ccc2cc(C3CCC(CCCCC)CC3)ccc2c1. The summed E-state index contributed by atoms with van der Waals surface area (Å²) in [4.78, 5) is 13.7. The molecule has 0 unspecified atom stereocenters. The van der Waals surface area contributed by atoms with Crippen LogP contribution in [0.5, 0.6) is 0 Å². The van der Waals surface area contributed by atoms with Gasteiger partial charge in [-0.05, 0) is 72.8 Å². The Balaban J connectivity index is 1.58. The highest BCUT2D eigenvalue weighted by Gasteiger charge is 2.22. The monoisotopic (exact) mass is 405 g/mol. The van der Waals surface area contributed by atoms with E-state index in [1.54, 1.807) is 11.8 Å². The van der Waals surface area contributed by atoms with Crippen molar-refractivity contribution in [1.29, 1.82) is 0 Å². The first-order chi connectivity index (χ1) is 14.5. The van der Waals surface area contributed by atoms with Gasteiger partial charge < -0.3 is 4.90 Å². The number of rotatable bonds is 9. The quantitative estimate of drug-likeness (QED) is 0.317. The first-order valence-electron chi connectivity index (χ1n) is 11.9. The summed E-state index contributed by atoms with van der Waals surface area (Å²) in [6, 6.07) is 13.8. The fourth-order valence-corrected chi connectivity index (χ4v) is 4.91. The number of nitrogens with zero attached hydrogens (tertiary/aromatic N) is 1. The topological polar surface area (TPSA) is 20.3 Å². The lowest BCUT2D eigenvalue weighted by atomic mass is 9.77. The van der Waals surface area contributed by atoms with Crippen molar-refractivity contribution in [2.24, 2.45) is 5.92 Å². The molecule has 0 N–H and O–H groups in total. The molecule has 0 heterocycles.